The fourth-order valence-electron chi connectivity index (χ4n) is 2.53. The molecule has 1 heterocycles. The van der Waals surface area contributed by atoms with Gasteiger partial charge in [0.2, 0.25) is 5.78 Å². The number of esters is 2. The molecule has 7 nitrogen and oxygen atoms in total. The molecular weight excluding hydrogens is 326 g/mol. The number of Topliss-reactive ketones (excluding diaryl/α,β-unsaturated/α-hetero) is 1. The van der Waals surface area contributed by atoms with Crippen LogP contribution in [0.4, 0.5) is 0 Å². The number of para-hydroxylation sites is 1. The molecule has 0 aliphatic heterocycles. The molecule has 1 aromatic carbocycles. The van der Waals surface area contributed by atoms with Crippen LogP contribution < -0.4 is 0 Å². The van der Waals surface area contributed by atoms with E-state index >= 15 is 0 Å². The minimum atomic E-state index is -1.10. The van der Waals surface area contributed by atoms with Gasteiger partial charge in [-0.15, -0.1) is 0 Å². The molecule has 1 atom stereocenters. The van der Waals surface area contributed by atoms with E-state index in [1.54, 1.807) is 26.0 Å². The van der Waals surface area contributed by atoms with Crippen molar-refractivity contribution in [3.05, 3.63) is 52.3 Å². The molecule has 0 bridgehead atoms. The van der Waals surface area contributed by atoms with Crippen LogP contribution in [0.15, 0.2) is 24.3 Å². The second kappa shape index (κ2) is 7.21. The number of aryl methyl sites for hydroxylation is 1. The number of ketones is 1. The maximum atomic E-state index is 12.6. The lowest BCUT2D eigenvalue weighted by atomic mass is 10.1. The normalized spacial score (nSPS) is 11.7. The standard InChI is InChI=1S/C18H19NO6/c1-9-14(18(23)24-4)10(2)19-15(9)16(21)11(3)25-17(22)12-7-5-6-8-13(12)20/h5-8,11,19-20H,1-4H3. The van der Waals surface area contributed by atoms with Crippen LogP contribution in [0.2, 0.25) is 0 Å². The summed E-state index contributed by atoms with van der Waals surface area (Å²) >= 11 is 0. The zero-order valence-corrected chi connectivity index (χ0v) is 14.4. The first-order chi connectivity index (χ1) is 11.8. The molecule has 7 heteroatoms. The summed E-state index contributed by atoms with van der Waals surface area (Å²) in [5, 5.41) is 9.68. The second-order valence-corrected chi connectivity index (χ2v) is 5.55. The van der Waals surface area contributed by atoms with E-state index in [1.807, 2.05) is 0 Å². The Balaban J connectivity index is 2.22. The van der Waals surface area contributed by atoms with Gasteiger partial charge in [0.05, 0.1) is 18.4 Å². The average Bonchev–Trinajstić information content (AvgIpc) is 2.88. The SMILES string of the molecule is COC(=O)c1c(C)[nH]c(C(=O)C(C)OC(=O)c2ccccc2O)c1C. The summed E-state index contributed by atoms with van der Waals surface area (Å²) in [5.41, 5.74) is 1.35. The van der Waals surface area contributed by atoms with Crippen molar-refractivity contribution in [1.82, 2.24) is 4.98 Å². The summed E-state index contributed by atoms with van der Waals surface area (Å²) < 4.78 is 9.84. The number of aromatic amines is 1. The third-order valence-electron chi connectivity index (χ3n) is 3.85. The van der Waals surface area contributed by atoms with Gasteiger partial charge >= 0.3 is 11.9 Å². The number of nitrogens with one attached hydrogen (secondary N) is 1. The zero-order valence-electron chi connectivity index (χ0n) is 14.4. The Kier molecular flexibility index (Phi) is 5.26. The van der Waals surface area contributed by atoms with Crippen LogP contribution in [0.25, 0.3) is 0 Å². The molecule has 0 saturated carbocycles. The summed E-state index contributed by atoms with van der Waals surface area (Å²) in [5.74, 6) is -2.08. The minimum absolute atomic E-state index is 0.0308. The van der Waals surface area contributed by atoms with Gasteiger partial charge in [-0.25, -0.2) is 9.59 Å². The number of aromatic nitrogens is 1. The van der Waals surface area contributed by atoms with E-state index in [2.05, 4.69) is 4.98 Å². The van der Waals surface area contributed by atoms with E-state index in [-0.39, 0.29) is 22.6 Å². The van der Waals surface area contributed by atoms with Crippen molar-refractivity contribution in [2.75, 3.05) is 7.11 Å². The predicted molar refractivity (Wildman–Crippen MR) is 88.9 cm³/mol. The molecule has 25 heavy (non-hydrogen) atoms. The van der Waals surface area contributed by atoms with Gasteiger partial charge in [0.1, 0.15) is 11.3 Å². The number of hydrogen-bond donors (Lipinski definition) is 2. The summed E-state index contributed by atoms with van der Waals surface area (Å²) in [6.45, 7) is 4.68. The zero-order chi connectivity index (χ0) is 18.7. The number of phenols is 1. The summed E-state index contributed by atoms with van der Waals surface area (Å²) in [6, 6.07) is 5.89. The van der Waals surface area contributed by atoms with Crippen LogP contribution in [-0.4, -0.2) is 41.0 Å². The number of H-pyrrole nitrogens is 1. The number of carbonyl (C=O) groups excluding carboxylic acids is 3. The topological polar surface area (TPSA) is 106 Å². The molecule has 132 valence electrons. The lowest BCUT2D eigenvalue weighted by molar-refractivity contribution is 0.0314. The molecule has 0 fully saturated rings. The molecule has 1 aromatic heterocycles. The first kappa shape index (κ1) is 18.3. The first-order valence-electron chi connectivity index (χ1n) is 7.58. The number of benzene rings is 1. The van der Waals surface area contributed by atoms with Crippen molar-refractivity contribution < 1.29 is 29.0 Å². The summed E-state index contributed by atoms with van der Waals surface area (Å²) in [6.07, 6.45) is -1.10. The molecule has 0 spiro atoms. The van der Waals surface area contributed by atoms with Gasteiger partial charge in [-0.3, -0.25) is 4.79 Å². The molecule has 2 aromatic rings. The largest absolute Gasteiger partial charge is 0.507 e. The highest BCUT2D eigenvalue weighted by molar-refractivity contribution is 6.04. The third-order valence-corrected chi connectivity index (χ3v) is 3.85. The van der Waals surface area contributed by atoms with Crippen LogP contribution in [0.1, 0.15) is 49.4 Å². The molecular formula is C18H19NO6. The van der Waals surface area contributed by atoms with Crippen LogP contribution >= 0.6 is 0 Å². The highest BCUT2D eigenvalue weighted by Crippen LogP contribution is 2.22. The van der Waals surface area contributed by atoms with E-state index in [0.717, 1.165) is 0 Å². The Morgan fingerprint density at radius 3 is 2.36 bits per heavy atom. The lowest BCUT2D eigenvalue weighted by Gasteiger charge is -2.12. The molecule has 0 amide bonds. The fraction of sp³-hybridized carbons (Fsp3) is 0.278. The van der Waals surface area contributed by atoms with Crippen molar-refractivity contribution in [1.29, 1.82) is 0 Å². The highest BCUT2D eigenvalue weighted by atomic mass is 16.5. The van der Waals surface area contributed by atoms with Gasteiger partial charge in [-0.2, -0.15) is 0 Å². The number of ether oxygens (including phenoxy) is 2. The maximum absolute atomic E-state index is 12.6. The van der Waals surface area contributed by atoms with Crippen molar-refractivity contribution in [3.63, 3.8) is 0 Å². The van der Waals surface area contributed by atoms with Gasteiger partial charge in [-0.1, -0.05) is 12.1 Å². The Morgan fingerprint density at radius 2 is 1.76 bits per heavy atom. The average molecular weight is 345 g/mol. The van der Waals surface area contributed by atoms with Crippen molar-refractivity contribution >= 4 is 17.7 Å². The molecule has 0 saturated heterocycles. The predicted octanol–water partition coefficient (Wildman–Crippen LogP) is 2.55. The van der Waals surface area contributed by atoms with Crippen LogP contribution in [0, 0.1) is 13.8 Å². The monoisotopic (exact) mass is 345 g/mol. The fourth-order valence-corrected chi connectivity index (χ4v) is 2.53. The Bertz CT molecular complexity index is 836. The van der Waals surface area contributed by atoms with Crippen molar-refractivity contribution in [2.24, 2.45) is 0 Å². The van der Waals surface area contributed by atoms with Crippen LogP contribution in [-0.2, 0) is 9.47 Å². The minimum Gasteiger partial charge on any atom is -0.507 e. The Hall–Kier alpha value is -3.09. The number of methoxy groups -OCH3 is 1. The van der Waals surface area contributed by atoms with E-state index in [9.17, 15) is 19.5 Å². The molecule has 0 radical (unpaired) electrons. The first-order valence-corrected chi connectivity index (χ1v) is 7.58. The Labute approximate surface area is 144 Å². The molecule has 1 unspecified atom stereocenters. The van der Waals surface area contributed by atoms with Crippen molar-refractivity contribution in [3.8, 4) is 5.75 Å². The van der Waals surface area contributed by atoms with Gasteiger partial charge in [0.15, 0.2) is 6.10 Å². The summed E-state index contributed by atoms with van der Waals surface area (Å²) in [4.78, 5) is 39.3. The number of aromatic hydroxyl groups is 1. The van der Waals surface area contributed by atoms with Gasteiger partial charge in [-0.05, 0) is 38.5 Å². The number of rotatable bonds is 5. The number of phenolic OH excluding ortho intramolecular Hbond substituents is 1. The van der Waals surface area contributed by atoms with Gasteiger partial charge < -0.3 is 19.6 Å². The summed E-state index contributed by atoms with van der Waals surface area (Å²) in [7, 11) is 1.26. The van der Waals surface area contributed by atoms with Crippen molar-refractivity contribution in [2.45, 2.75) is 26.9 Å². The number of carbonyl (C=O) groups is 3. The molecule has 0 aliphatic rings. The van der Waals surface area contributed by atoms with E-state index in [1.165, 1.54) is 26.2 Å². The van der Waals surface area contributed by atoms with Gasteiger partial charge in [0.25, 0.3) is 0 Å². The quantitative estimate of drug-likeness (QED) is 0.637. The van der Waals surface area contributed by atoms with E-state index in [4.69, 9.17) is 9.47 Å². The molecule has 2 N–H and O–H groups in total. The Morgan fingerprint density at radius 1 is 1.12 bits per heavy atom. The lowest BCUT2D eigenvalue weighted by Crippen LogP contribution is -2.25. The third kappa shape index (κ3) is 3.55. The second-order valence-electron chi connectivity index (χ2n) is 5.55. The highest BCUT2D eigenvalue weighted by Gasteiger charge is 2.28. The van der Waals surface area contributed by atoms with E-state index in [0.29, 0.717) is 11.3 Å². The van der Waals surface area contributed by atoms with Gasteiger partial charge in [0, 0.05) is 5.69 Å². The smallest absolute Gasteiger partial charge is 0.342 e. The molecule has 0 aliphatic carbocycles. The van der Waals surface area contributed by atoms with Crippen LogP contribution in [0.5, 0.6) is 5.75 Å². The molecule has 2 rings (SSSR count). The maximum Gasteiger partial charge on any atom is 0.342 e. The number of hydrogen-bond acceptors (Lipinski definition) is 6. The van der Waals surface area contributed by atoms with E-state index < -0.39 is 23.8 Å². The van der Waals surface area contributed by atoms with Crippen LogP contribution in [0.3, 0.4) is 0 Å².